The average Bonchev–Trinajstić information content (AvgIpc) is 3.40. The monoisotopic (exact) mass is 413 g/mol. The van der Waals surface area contributed by atoms with Crippen molar-refractivity contribution in [2.45, 2.75) is 22.4 Å². The van der Waals surface area contributed by atoms with Gasteiger partial charge in [0.15, 0.2) is 0 Å². The van der Waals surface area contributed by atoms with Crippen molar-refractivity contribution in [2.24, 2.45) is 5.73 Å². The molecule has 1 aliphatic heterocycles. The van der Waals surface area contributed by atoms with Crippen LogP contribution in [-0.2, 0) is 0 Å². The lowest BCUT2D eigenvalue weighted by atomic mass is 10.1. The molecule has 0 aliphatic carbocycles. The van der Waals surface area contributed by atoms with E-state index in [1.165, 1.54) is 11.8 Å². The number of fused-ring (bicyclic) bond motifs is 1. The summed E-state index contributed by atoms with van der Waals surface area (Å²) < 4.78 is 1.76. The Morgan fingerprint density at radius 1 is 1.13 bits per heavy atom. The SMILES string of the molecule is N#Cc1cnn2cc(-c3ccc(N4CC[C@@H](N)C4)nc3)cc(Sc3ccccn3)c12. The molecule has 1 saturated heterocycles. The van der Waals surface area contributed by atoms with Crippen molar-refractivity contribution >= 4 is 23.1 Å². The number of rotatable bonds is 4. The van der Waals surface area contributed by atoms with E-state index < -0.39 is 0 Å². The maximum Gasteiger partial charge on any atom is 0.128 e. The fourth-order valence-electron chi connectivity index (χ4n) is 3.66. The van der Waals surface area contributed by atoms with Crippen LogP contribution in [0, 0.1) is 11.3 Å². The molecule has 0 saturated carbocycles. The summed E-state index contributed by atoms with van der Waals surface area (Å²) in [5.41, 5.74) is 9.31. The molecule has 8 heteroatoms. The molecule has 5 heterocycles. The van der Waals surface area contributed by atoms with Crippen LogP contribution in [0.15, 0.2) is 71.1 Å². The van der Waals surface area contributed by atoms with E-state index in [-0.39, 0.29) is 6.04 Å². The molecule has 0 unspecified atom stereocenters. The molecule has 30 heavy (non-hydrogen) atoms. The zero-order chi connectivity index (χ0) is 20.5. The Kier molecular flexibility index (Phi) is 4.83. The Morgan fingerprint density at radius 2 is 2.07 bits per heavy atom. The molecule has 2 N–H and O–H groups in total. The van der Waals surface area contributed by atoms with Gasteiger partial charge in [0, 0.05) is 53.7 Å². The molecule has 1 fully saturated rings. The molecule has 1 aliphatic rings. The van der Waals surface area contributed by atoms with Gasteiger partial charge in [-0.2, -0.15) is 10.4 Å². The highest BCUT2D eigenvalue weighted by atomic mass is 32.2. The Labute approximate surface area is 178 Å². The van der Waals surface area contributed by atoms with Crippen LogP contribution in [0.5, 0.6) is 0 Å². The topological polar surface area (TPSA) is 96.1 Å². The van der Waals surface area contributed by atoms with Gasteiger partial charge in [0.25, 0.3) is 0 Å². The molecule has 0 radical (unpaired) electrons. The second kappa shape index (κ2) is 7.78. The number of hydrogen-bond donors (Lipinski definition) is 1. The minimum Gasteiger partial charge on any atom is -0.355 e. The minimum atomic E-state index is 0.217. The molecule has 1 atom stereocenters. The van der Waals surface area contributed by atoms with Crippen molar-refractivity contribution in [3.8, 4) is 17.2 Å². The molecule has 0 aromatic carbocycles. The van der Waals surface area contributed by atoms with Crippen LogP contribution in [0.4, 0.5) is 5.82 Å². The number of hydrogen-bond acceptors (Lipinski definition) is 7. The normalized spacial score (nSPS) is 16.1. The van der Waals surface area contributed by atoms with Crippen LogP contribution in [0.3, 0.4) is 0 Å². The number of nitrogens with two attached hydrogens (primary N) is 1. The summed E-state index contributed by atoms with van der Waals surface area (Å²) >= 11 is 1.52. The first kappa shape index (κ1) is 18.6. The zero-order valence-electron chi connectivity index (χ0n) is 16.1. The number of nitrogens with zero attached hydrogens (tertiary/aromatic N) is 6. The summed E-state index contributed by atoms with van der Waals surface area (Å²) in [4.78, 5) is 12.2. The predicted octanol–water partition coefficient (Wildman–Crippen LogP) is 3.35. The summed E-state index contributed by atoms with van der Waals surface area (Å²) in [5.74, 6) is 0.946. The molecule has 4 aromatic heterocycles. The van der Waals surface area contributed by atoms with Crippen molar-refractivity contribution in [1.82, 2.24) is 19.6 Å². The van der Waals surface area contributed by atoms with E-state index in [0.29, 0.717) is 5.56 Å². The number of aromatic nitrogens is 4. The molecular formula is C22H19N7S. The maximum absolute atomic E-state index is 9.50. The molecule has 0 bridgehead atoms. The van der Waals surface area contributed by atoms with Gasteiger partial charge in [-0.1, -0.05) is 17.8 Å². The lowest BCUT2D eigenvalue weighted by molar-refractivity contribution is 0.751. The summed E-state index contributed by atoms with van der Waals surface area (Å²) in [6.45, 7) is 1.78. The van der Waals surface area contributed by atoms with E-state index in [4.69, 9.17) is 5.73 Å². The highest BCUT2D eigenvalue weighted by molar-refractivity contribution is 7.99. The van der Waals surface area contributed by atoms with E-state index in [1.54, 1.807) is 16.9 Å². The lowest BCUT2D eigenvalue weighted by Gasteiger charge is -2.17. The van der Waals surface area contributed by atoms with Crippen molar-refractivity contribution < 1.29 is 0 Å². The van der Waals surface area contributed by atoms with E-state index in [1.807, 2.05) is 36.7 Å². The van der Waals surface area contributed by atoms with Gasteiger partial charge in [-0.05, 0) is 36.8 Å². The fraction of sp³-hybridized carbons (Fsp3) is 0.182. The number of anilines is 1. The summed E-state index contributed by atoms with van der Waals surface area (Å²) in [6, 6.07) is 14.4. The highest BCUT2D eigenvalue weighted by Crippen LogP contribution is 2.35. The second-order valence-corrected chi connectivity index (χ2v) is 8.29. The molecule has 5 rings (SSSR count). The van der Waals surface area contributed by atoms with Gasteiger partial charge in [-0.25, -0.2) is 14.5 Å². The summed E-state index contributed by atoms with van der Waals surface area (Å²) in [7, 11) is 0. The first-order valence-electron chi connectivity index (χ1n) is 9.68. The molecule has 0 spiro atoms. The number of pyridine rings is 3. The summed E-state index contributed by atoms with van der Waals surface area (Å²) in [6.07, 6.45) is 8.16. The fourth-order valence-corrected chi connectivity index (χ4v) is 4.63. The molecule has 4 aromatic rings. The first-order chi connectivity index (χ1) is 14.7. The van der Waals surface area contributed by atoms with Crippen LogP contribution in [0.2, 0.25) is 0 Å². The zero-order valence-corrected chi connectivity index (χ0v) is 17.0. The first-order valence-corrected chi connectivity index (χ1v) is 10.5. The van der Waals surface area contributed by atoms with Gasteiger partial charge in [-0.15, -0.1) is 0 Å². The Balaban J connectivity index is 1.54. The quantitative estimate of drug-likeness (QED) is 0.548. The van der Waals surface area contributed by atoms with Crippen molar-refractivity contribution in [1.29, 1.82) is 5.26 Å². The van der Waals surface area contributed by atoms with E-state index in [0.717, 1.165) is 51.9 Å². The van der Waals surface area contributed by atoms with Crippen LogP contribution >= 0.6 is 11.8 Å². The Bertz CT molecular complexity index is 1230. The third-order valence-corrected chi connectivity index (χ3v) is 6.16. The van der Waals surface area contributed by atoms with E-state index in [9.17, 15) is 5.26 Å². The Hall–Kier alpha value is -3.41. The Morgan fingerprint density at radius 3 is 2.77 bits per heavy atom. The highest BCUT2D eigenvalue weighted by Gasteiger charge is 2.20. The standard InChI is InChI=1S/C22H19N7S/c23-10-17-12-27-29-13-16(9-19(22(17)29)30-21-3-1-2-7-25-21)15-4-5-20(26-11-15)28-8-6-18(24)14-28/h1-5,7,9,11-13,18H,6,8,14,24H2/t18-/m1/s1. The third kappa shape index (κ3) is 3.49. The average molecular weight is 414 g/mol. The van der Waals surface area contributed by atoms with Crippen LogP contribution in [0.25, 0.3) is 16.6 Å². The van der Waals surface area contributed by atoms with Gasteiger partial charge in [0.1, 0.15) is 16.9 Å². The van der Waals surface area contributed by atoms with Crippen molar-refractivity contribution in [3.05, 3.63) is 66.7 Å². The molecular weight excluding hydrogens is 394 g/mol. The summed E-state index contributed by atoms with van der Waals surface area (Å²) in [5, 5.41) is 14.7. The van der Waals surface area contributed by atoms with Crippen molar-refractivity contribution in [2.75, 3.05) is 18.0 Å². The lowest BCUT2D eigenvalue weighted by Crippen LogP contribution is -2.26. The number of nitriles is 1. The van der Waals surface area contributed by atoms with Gasteiger partial charge < -0.3 is 10.6 Å². The molecule has 148 valence electrons. The van der Waals surface area contributed by atoms with Gasteiger partial charge in [0.2, 0.25) is 0 Å². The minimum absolute atomic E-state index is 0.217. The van der Waals surface area contributed by atoms with Crippen LogP contribution in [-0.4, -0.2) is 38.7 Å². The maximum atomic E-state index is 9.50. The molecule has 7 nitrogen and oxygen atoms in total. The van der Waals surface area contributed by atoms with Gasteiger partial charge in [-0.3, -0.25) is 0 Å². The predicted molar refractivity (Wildman–Crippen MR) is 116 cm³/mol. The second-order valence-electron chi connectivity index (χ2n) is 7.23. The largest absolute Gasteiger partial charge is 0.355 e. The molecule has 0 amide bonds. The van der Waals surface area contributed by atoms with Crippen LogP contribution < -0.4 is 10.6 Å². The van der Waals surface area contributed by atoms with E-state index >= 15 is 0 Å². The third-order valence-electron chi connectivity index (χ3n) is 5.18. The van der Waals surface area contributed by atoms with Crippen molar-refractivity contribution in [3.63, 3.8) is 0 Å². The van der Waals surface area contributed by atoms with Gasteiger partial charge >= 0.3 is 0 Å². The smallest absolute Gasteiger partial charge is 0.128 e. The van der Waals surface area contributed by atoms with Crippen LogP contribution in [0.1, 0.15) is 12.0 Å². The van der Waals surface area contributed by atoms with E-state index in [2.05, 4.69) is 38.2 Å². The van der Waals surface area contributed by atoms with Gasteiger partial charge in [0.05, 0.1) is 17.3 Å².